The van der Waals surface area contributed by atoms with Gasteiger partial charge in [0.2, 0.25) is 0 Å². The third-order valence-corrected chi connectivity index (χ3v) is 4.61. The fourth-order valence-corrected chi connectivity index (χ4v) is 3.38. The lowest BCUT2D eigenvalue weighted by molar-refractivity contribution is -0.0693. The molecule has 132 valence electrons. The van der Waals surface area contributed by atoms with Crippen molar-refractivity contribution in [2.24, 2.45) is 0 Å². The van der Waals surface area contributed by atoms with E-state index in [1.807, 2.05) is 77.1 Å². The molecule has 0 spiro atoms. The Hall–Kier alpha value is -2.92. The molecule has 0 N–H and O–H groups in total. The van der Waals surface area contributed by atoms with Gasteiger partial charge in [0, 0.05) is 12.2 Å². The summed E-state index contributed by atoms with van der Waals surface area (Å²) in [6, 6.07) is 19.8. The summed E-state index contributed by atoms with van der Waals surface area (Å²) in [7, 11) is 0. The van der Waals surface area contributed by atoms with E-state index in [0.717, 1.165) is 11.3 Å². The number of amides is 1. The molecule has 4 rings (SSSR count). The van der Waals surface area contributed by atoms with E-state index >= 15 is 0 Å². The molecule has 1 aromatic heterocycles. The number of ether oxygens (including phenoxy) is 1. The molecule has 2 atom stereocenters. The van der Waals surface area contributed by atoms with Crippen molar-refractivity contribution in [3.63, 3.8) is 0 Å². The van der Waals surface area contributed by atoms with Crippen molar-refractivity contribution in [2.75, 3.05) is 13.1 Å². The Morgan fingerprint density at radius 1 is 1.04 bits per heavy atom. The van der Waals surface area contributed by atoms with Gasteiger partial charge in [0.1, 0.15) is 11.8 Å². The van der Waals surface area contributed by atoms with Gasteiger partial charge in [0.05, 0.1) is 25.2 Å². The first-order chi connectivity index (χ1) is 12.7. The number of para-hydroxylation sites is 1. The second-order valence-electron chi connectivity index (χ2n) is 6.54. The van der Waals surface area contributed by atoms with Gasteiger partial charge in [-0.25, -0.2) is 4.98 Å². The van der Waals surface area contributed by atoms with E-state index in [4.69, 9.17) is 4.74 Å². The maximum absolute atomic E-state index is 13.2. The summed E-state index contributed by atoms with van der Waals surface area (Å²) in [6.45, 7) is 3.11. The van der Waals surface area contributed by atoms with E-state index in [1.54, 1.807) is 12.5 Å². The smallest absolute Gasteiger partial charge is 0.272 e. The first-order valence-electron chi connectivity index (χ1n) is 8.80. The lowest BCUT2D eigenvalue weighted by atomic mass is 10.1. The normalized spacial score (nSPS) is 20.1. The molecular weight excluding hydrogens is 326 g/mol. The van der Waals surface area contributed by atoms with Crippen molar-refractivity contribution in [1.29, 1.82) is 0 Å². The van der Waals surface area contributed by atoms with E-state index in [9.17, 15) is 4.79 Å². The van der Waals surface area contributed by atoms with Gasteiger partial charge in [-0.2, -0.15) is 0 Å². The SMILES string of the molecule is C[C@H]1CN(C(=O)c2cncn2-c2ccccc2)C[C@H](c2ccccc2)O1. The third-order valence-electron chi connectivity index (χ3n) is 4.61. The van der Waals surface area contributed by atoms with E-state index in [1.165, 1.54) is 0 Å². The summed E-state index contributed by atoms with van der Waals surface area (Å²) >= 11 is 0. The number of hydrogen-bond donors (Lipinski definition) is 0. The Kier molecular flexibility index (Phi) is 4.54. The number of morpholine rings is 1. The van der Waals surface area contributed by atoms with Crippen LogP contribution < -0.4 is 0 Å². The molecule has 1 aliphatic rings. The molecule has 2 aromatic carbocycles. The number of hydrogen-bond acceptors (Lipinski definition) is 3. The molecule has 1 aliphatic heterocycles. The minimum absolute atomic E-state index is 0.0222. The van der Waals surface area contributed by atoms with Crippen molar-refractivity contribution in [3.8, 4) is 5.69 Å². The second-order valence-corrected chi connectivity index (χ2v) is 6.54. The van der Waals surface area contributed by atoms with Crippen LogP contribution in [0.15, 0.2) is 73.2 Å². The van der Waals surface area contributed by atoms with Crippen LogP contribution in [0.4, 0.5) is 0 Å². The van der Waals surface area contributed by atoms with Gasteiger partial charge in [0.25, 0.3) is 5.91 Å². The average molecular weight is 347 g/mol. The van der Waals surface area contributed by atoms with Crippen LogP contribution in [0, 0.1) is 0 Å². The molecular formula is C21H21N3O2. The maximum Gasteiger partial charge on any atom is 0.272 e. The summed E-state index contributed by atoms with van der Waals surface area (Å²) < 4.78 is 7.90. The molecule has 1 saturated heterocycles. The van der Waals surface area contributed by atoms with Crippen LogP contribution in [0.2, 0.25) is 0 Å². The average Bonchev–Trinajstić information content (AvgIpc) is 3.18. The predicted molar refractivity (Wildman–Crippen MR) is 99.2 cm³/mol. The summed E-state index contributed by atoms with van der Waals surface area (Å²) in [5.74, 6) is -0.0255. The zero-order valence-electron chi connectivity index (χ0n) is 14.7. The highest BCUT2D eigenvalue weighted by atomic mass is 16.5. The lowest BCUT2D eigenvalue weighted by Crippen LogP contribution is -2.46. The molecule has 5 nitrogen and oxygen atoms in total. The first kappa shape index (κ1) is 16.5. The van der Waals surface area contributed by atoms with Gasteiger partial charge in [-0.3, -0.25) is 9.36 Å². The number of nitrogens with zero attached hydrogens (tertiary/aromatic N) is 3. The Morgan fingerprint density at radius 2 is 1.73 bits per heavy atom. The van der Waals surface area contributed by atoms with Gasteiger partial charge >= 0.3 is 0 Å². The maximum atomic E-state index is 13.2. The van der Waals surface area contributed by atoms with Crippen LogP contribution in [0.25, 0.3) is 5.69 Å². The van der Waals surface area contributed by atoms with Gasteiger partial charge in [-0.1, -0.05) is 48.5 Å². The monoisotopic (exact) mass is 347 g/mol. The quantitative estimate of drug-likeness (QED) is 0.729. The van der Waals surface area contributed by atoms with Gasteiger partial charge in [-0.05, 0) is 24.6 Å². The first-order valence-corrected chi connectivity index (χ1v) is 8.80. The van der Waals surface area contributed by atoms with Crippen LogP contribution >= 0.6 is 0 Å². The Labute approximate surface area is 152 Å². The van der Waals surface area contributed by atoms with Crippen LogP contribution in [0.5, 0.6) is 0 Å². The highest BCUT2D eigenvalue weighted by molar-refractivity contribution is 5.93. The fraction of sp³-hybridized carbons (Fsp3) is 0.238. The molecule has 0 saturated carbocycles. The van der Waals surface area contributed by atoms with Crippen molar-refractivity contribution in [2.45, 2.75) is 19.1 Å². The molecule has 3 aromatic rings. The Morgan fingerprint density at radius 3 is 2.46 bits per heavy atom. The lowest BCUT2D eigenvalue weighted by Gasteiger charge is -2.37. The highest BCUT2D eigenvalue weighted by Gasteiger charge is 2.31. The number of benzene rings is 2. The van der Waals surface area contributed by atoms with Crippen molar-refractivity contribution >= 4 is 5.91 Å². The molecule has 0 unspecified atom stereocenters. The summed E-state index contributed by atoms with van der Waals surface area (Å²) in [6.07, 6.45) is 3.18. The zero-order chi connectivity index (χ0) is 17.9. The summed E-state index contributed by atoms with van der Waals surface area (Å²) in [5.41, 5.74) is 2.58. The highest BCUT2D eigenvalue weighted by Crippen LogP contribution is 2.26. The van der Waals surface area contributed by atoms with Crippen LogP contribution in [0.3, 0.4) is 0 Å². The largest absolute Gasteiger partial charge is 0.367 e. The molecule has 0 radical (unpaired) electrons. The number of imidazole rings is 1. The van der Waals surface area contributed by atoms with Gasteiger partial charge < -0.3 is 9.64 Å². The van der Waals surface area contributed by atoms with E-state index < -0.39 is 0 Å². The third kappa shape index (κ3) is 3.26. The van der Waals surface area contributed by atoms with Crippen LogP contribution in [0.1, 0.15) is 29.1 Å². The molecule has 0 bridgehead atoms. The number of carbonyl (C=O) groups is 1. The molecule has 1 amide bonds. The second kappa shape index (κ2) is 7.14. The van der Waals surface area contributed by atoms with Crippen molar-refractivity contribution in [3.05, 3.63) is 84.4 Å². The minimum atomic E-state index is -0.114. The van der Waals surface area contributed by atoms with E-state index in [2.05, 4.69) is 4.98 Å². The molecule has 26 heavy (non-hydrogen) atoms. The van der Waals surface area contributed by atoms with Crippen LogP contribution in [-0.4, -0.2) is 39.6 Å². The number of carbonyl (C=O) groups excluding carboxylic acids is 1. The standard InChI is InChI=1S/C21H21N3O2/c1-16-13-23(14-20(26-16)17-8-4-2-5-9-17)21(25)19-12-22-15-24(19)18-10-6-3-7-11-18/h2-12,15-16,20H,13-14H2,1H3/t16-,20+/m0/s1. The predicted octanol–water partition coefficient (Wildman–Crippen LogP) is 3.47. The Balaban J connectivity index is 1.60. The minimum Gasteiger partial charge on any atom is -0.367 e. The Bertz CT molecular complexity index is 877. The summed E-state index contributed by atoms with van der Waals surface area (Å²) in [4.78, 5) is 19.2. The van der Waals surface area contributed by atoms with E-state index in [-0.39, 0.29) is 18.1 Å². The van der Waals surface area contributed by atoms with E-state index in [0.29, 0.717) is 18.8 Å². The molecule has 1 fully saturated rings. The number of rotatable bonds is 3. The van der Waals surface area contributed by atoms with Crippen LogP contribution in [-0.2, 0) is 4.74 Å². The van der Waals surface area contributed by atoms with Crippen molar-refractivity contribution < 1.29 is 9.53 Å². The topological polar surface area (TPSA) is 47.4 Å². The fourth-order valence-electron chi connectivity index (χ4n) is 3.38. The zero-order valence-corrected chi connectivity index (χ0v) is 14.7. The molecule has 5 heteroatoms. The summed E-state index contributed by atoms with van der Waals surface area (Å²) in [5, 5.41) is 0. The molecule has 0 aliphatic carbocycles. The number of aromatic nitrogens is 2. The molecule has 2 heterocycles. The van der Waals surface area contributed by atoms with Gasteiger partial charge in [-0.15, -0.1) is 0 Å². The van der Waals surface area contributed by atoms with Gasteiger partial charge in [0.15, 0.2) is 0 Å². The van der Waals surface area contributed by atoms with Crippen molar-refractivity contribution in [1.82, 2.24) is 14.5 Å².